The zero-order chi connectivity index (χ0) is 11.1. The molecule has 15 heavy (non-hydrogen) atoms. The lowest BCUT2D eigenvalue weighted by Gasteiger charge is -2.31. The molecule has 0 radical (unpaired) electrons. The molecule has 1 heterocycles. The molecule has 4 nitrogen and oxygen atoms in total. The number of nitrogens with two attached hydrogens (primary N) is 1. The smallest absolute Gasteiger partial charge is 0.221 e. The Hall–Kier alpha value is -0.610. The summed E-state index contributed by atoms with van der Waals surface area (Å²) in [6.07, 6.45) is 5.07. The summed E-state index contributed by atoms with van der Waals surface area (Å²) in [6, 6.07) is 0. The third-order valence-electron chi connectivity index (χ3n) is 3.04. The lowest BCUT2D eigenvalue weighted by Crippen LogP contribution is -2.41. The van der Waals surface area contributed by atoms with Gasteiger partial charge in [0.25, 0.3) is 0 Å². The predicted octanol–water partition coefficient (Wildman–Crippen LogP) is 0.346. The number of rotatable bonds is 6. The van der Waals surface area contributed by atoms with Crippen molar-refractivity contribution in [1.29, 1.82) is 0 Å². The molecule has 1 saturated heterocycles. The predicted molar refractivity (Wildman–Crippen MR) is 59.3 cm³/mol. The first-order valence-corrected chi connectivity index (χ1v) is 5.86. The van der Waals surface area contributed by atoms with E-state index in [0.29, 0.717) is 0 Å². The van der Waals surface area contributed by atoms with E-state index in [0.717, 1.165) is 51.7 Å². The molecule has 0 spiro atoms. The summed E-state index contributed by atoms with van der Waals surface area (Å²) in [5.74, 6) is -0.105. The number of aliphatic hydroxyl groups excluding tert-OH is 1. The summed E-state index contributed by atoms with van der Waals surface area (Å²) >= 11 is 0. The maximum Gasteiger partial charge on any atom is 0.221 e. The van der Waals surface area contributed by atoms with Gasteiger partial charge in [-0.25, -0.2) is 0 Å². The summed E-state index contributed by atoms with van der Waals surface area (Å²) in [6.45, 7) is 3.23. The molecule has 0 aromatic rings. The number of aliphatic hydroxyl groups is 1. The molecule has 4 heteroatoms. The van der Waals surface area contributed by atoms with Crippen LogP contribution in [-0.4, -0.2) is 42.2 Å². The Morgan fingerprint density at radius 3 is 2.87 bits per heavy atom. The fourth-order valence-corrected chi connectivity index (χ4v) is 2.11. The summed E-state index contributed by atoms with van der Waals surface area (Å²) in [5, 5.41) is 8.64. The van der Waals surface area contributed by atoms with Crippen LogP contribution in [0.1, 0.15) is 32.1 Å². The van der Waals surface area contributed by atoms with Crippen LogP contribution in [-0.2, 0) is 4.79 Å². The maximum atomic E-state index is 11.0. The van der Waals surface area contributed by atoms with Crippen LogP contribution in [0.2, 0.25) is 0 Å². The minimum atomic E-state index is -0.157. The second-order valence-electron chi connectivity index (χ2n) is 4.33. The monoisotopic (exact) mass is 214 g/mol. The van der Waals surface area contributed by atoms with Crippen molar-refractivity contribution in [3.8, 4) is 0 Å². The molecule has 1 unspecified atom stereocenters. The summed E-state index contributed by atoms with van der Waals surface area (Å²) in [5.41, 5.74) is 5.31. The van der Waals surface area contributed by atoms with Crippen LogP contribution < -0.4 is 5.73 Å². The van der Waals surface area contributed by atoms with Crippen molar-refractivity contribution in [2.75, 3.05) is 26.2 Å². The van der Waals surface area contributed by atoms with Gasteiger partial charge in [-0.2, -0.15) is 0 Å². The molecule has 1 atom stereocenters. The number of unbranched alkanes of at least 4 members (excludes halogenated alkanes) is 2. The van der Waals surface area contributed by atoms with E-state index in [1.807, 2.05) is 0 Å². The minimum absolute atomic E-state index is 0.0524. The van der Waals surface area contributed by atoms with E-state index in [4.69, 9.17) is 10.8 Å². The van der Waals surface area contributed by atoms with Crippen molar-refractivity contribution >= 4 is 5.91 Å². The van der Waals surface area contributed by atoms with E-state index >= 15 is 0 Å². The molecule has 3 N–H and O–H groups in total. The Morgan fingerprint density at radius 1 is 1.40 bits per heavy atom. The standard InChI is InChI=1S/C11H22N2O2/c12-11(15)10-5-4-7-13(9-10)6-2-1-3-8-14/h10,14H,1-9H2,(H2,12,15). The van der Waals surface area contributed by atoms with Crippen molar-refractivity contribution in [2.45, 2.75) is 32.1 Å². The molecule has 0 bridgehead atoms. The van der Waals surface area contributed by atoms with E-state index in [9.17, 15) is 4.79 Å². The molecule has 0 aromatic carbocycles. The number of carbonyl (C=O) groups is 1. The summed E-state index contributed by atoms with van der Waals surface area (Å²) in [4.78, 5) is 13.4. The molecule has 1 fully saturated rings. The van der Waals surface area contributed by atoms with Crippen molar-refractivity contribution in [3.05, 3.63) is 0 Å². The zero-order valence-corrected chi connectivity index (χ0v) is 9.32. The molecular weight excluding hydrogens is 192 g/mol. The van der Waals surface area contributed by atoms with Gasteiger partial charge in [-0.05, 0) is 45.2 Å². The average molecular weight is 214 g/mol. The number of piperidine rings is 1. The van der Waals surface area contributed by atoms with Crippen LogP contribution in [0.3, 0.4) is 0 Å². The van der Waals surface area contributed by atoms with Crippen LogP contribution in [0.5, 0.6) is 0 Å². The SMILES string of the molecule is NC(=O)C1CCCN(CCCCCO)C1. The van der Waals surface area contributed by atoms with Gasteiger partial charge in [0, 0.05) is 13.2 Å². The Morgan fingerprint density at radius 2 is 2.20 bits per heavy atom. The highest BCUT2D eigenvalue weighted by Crippen LogP contribution is 2.16. The van der Waals surface area contributed by atoms with Crippen molar-refractivity contribution in [3.63, 3.8) is 0 Å². The van der Waals surface area contributed by atoms with Crippen LogP contribution >= 0.6 is 0 Å². The number of primary amides is 1. The van der Waals surface area contributed by atoms with Crippen molar-refractivity contribution in [2.24, 2.45) is 11.7 Å². The van der Waals surface area contributed by atoms with Crippen LogP contribution in [0.25, 0.3) is 0 Å². The molecule has 0 saturated carbocycles. The first-order chi connectivity index (χ1) is 7.24. The van der Waals surface area contributed by atoms with Gasteiger partial charge in [-0.15, -0.1) is 0 Å². The molecule has 0 aromatic heterocycles. The van der Waals surface area contributed by atoms with E-state index in [1.54, 1.807) is 0 Å². The highest BCUT2D eigenvalue weighted by molar-refractivity contribution is 5.76. The third kappa shape index (κ3) is 4.62. The second kappa shape index (κ2) is 6.80. The molecule has 88 valence electrons. The number of hydrogen-bond donors (Lipinski definition) is 2. The molecule has 0 aliphatic carbocycles. The van der Waals surface area contributed by atoms with Gasteiger partial charge >= 0.3 is 0 Å². The topological polar surface area (TPSA) is 66.6 Å². The Balaban J connectivity index is 2.15. The quantitative estimate of drug-likeness (QED) is 0.627. The number of amides is 1. The van der Waals surface area contributed by atoms with Crippen LogP contribution in [0.15, 0.2) is 0 Å². The molecule has 1 rings (SSSR count). The van der Waals surface area contributed by atoms with Gasteiger partial charge < -0.3 is 15.7 Å². The maximum absolute atomic E-state index is 11.0. The number of nitrogens with zero attached hydrogens (tertiary/aromatic N) is 1. The van der Waals surface area contributed by atoms with Gasteiger partial charge in [0.15, 0.2) is 0 Å². The molecule has 1 aliphatic heterocycles. The highest BCUT2D eigenvalue weighted by atomic mass is 16.2. The average Bonchev–Trinajstić information content (AvgIpc) is 2.25. The lowest BCUT2D eigenvalue weighted by molar-refractivity contribution is -0.123. The largest absolute Gasteiger partial charge is 0.396 e. The number of hydrogen-bond acceptors (Lipinski definition) is 3. The number of likely N-dealkylation sites (tertiary alicyclic amines) is 1. The normalized spacial score (nSPS) is 22.9. The highest BCUT2D eigenvalue weighted by Gasteiger charge is 2.23. The first kappa shape index (κ1) is 12.5. The van der Waals surface area contributed by atoms with Gasteiger partial charge in [-0.3, -0.25) is 4.79 Å². The number of carbonyl (C=O) groups excluding carboxylic acids is 1. The minimum Gasteiger partial charge on any atom is -0.396 e. The Bertz CT molecular complexity index is 197. The lowest BCUT2D eigenvalue weighted by atomic mass is 9.97. The van der Waals surface area contributed by atoms with Gasteiger partial charge in [0.2, 0.25) is 5.91 Å². The van der Waals surface area contributed by atoms with Crippen LogP contribution in [0, 0.1) is 5.92 Å². The fourth-order valence-electron chi connectivity index (χ4n) is 2.11. The first-order valence-electron chi connectivity index (χ1n) is 5.86. The molecule has 1 amide bonds. The Kier molecular flexibility index (Phi) is 5.65. The van der Waals surface area contributed by atoms with E-state index < -0.39 is 0 Å². The van der Waals surface area contributed by atoms with Gasteiger partial charge in [-0.1, -0.05) is 0 Å². The van der Waals surface area contributed by atoms with E-state index in [2.05, 4.69) is 4.90 Å². The van der Waals surface area contributed by atoms with E-state index in [1.165, 1.54) is 0 Å². The second-order valence-corrected chi connectivity index (χ2v) is 4.33. The summed E-state index contributed by atoms with van der Waals surface area (Å²) < 4.78 is 0. The zero-order valence-electron chi connectivity index (χ0n) is 9.32. The fraction of sp³-hybridized carbons (Fsp3) is 0.909. The molecular formula is C11H22N2O2. The third-order valence-corrected chi connectivity index (χ3v) is 3.04. The van der Waals surface area contributed by atoms with E-state index in [-0.39, 0.29) is 18.4 Å². The molecule has 1 aliphatic rings. The van der Waals surface area contributed by atoms with Crippen molar-refractivity contribution < 1.29 is 9.90 Å². The van der Waals surface area contributed by atoms with Crippen LogP contribution in [0.4, 0.5) is 0 Å². The van der Waals surface area contributed by atoms with Crippen molar-refractivity contribution in [1.82, 2.24) is 4.90 Å². The van der Waals surface area contributed by atoms with Gasteiger partial charge in [0.05, 0.1) is 5.92 Å². The Labute approximate surface area is 91.4 Å². The summed E-state index contributed by atoms with van der Waals surface area (Å²) in [7, 11) is 0. The van der Waals surface area contributed by atoms with Gasteiger partial charge in [0.1, 0.15) is 0 Å².